The van der Waals surface area contributed by atoms with Crippen molar-refractivity contribution < 1.29 is 5.11 Å². The largest absolute Gasteiger partial charge is 0.507 e. The summed E-state index contributed by atoms with van der Waals surface area (Å²) in [6, 6.07) is 11.2. The van der Waals surface area contributed by atoms with Gasteiger partial charge in [-0.3, -0.25) is 0 Å². The minimum absolute atomic E-state index is 0.168. The lowest BCUT2D eigenvalue weighted by Gasteiger charge is -2.03. The summed E-state index contributed by atoms with van der Waals surface area (Å²) in [6.07, 6.45) is 1.53. The van der Waals surface area contributed by atoms with Gasteiger partial charge in [-0.15, -0.1) is 5.10 Å². The van der Waals surface area contributed by atoms with Gasteiger partial charge < -0.3 is 5.11 Å². The summed E-state index contributed by atoms with van der Waals surface area (Å²) in [5.41, 5.74) is 0.637. The van der Waals surface area contributed by atoms with Gasteiger partial charge in [-0.1, -0.05) is 35.4 Å². The molecule has 3 rings (SSSR count). The average Bonchev–Trinajstić information content (AvgIpc) is 2.91. The van der Waals surface area contributed by atoms with Crippen LogP contribution in [0, 0.1) is 0 Å². The van der Waals surface area contributed by atoms with E-state index in [4.69, 9.17) is 0 Å². The lowest BCUT2D eigenvalue weighted by Crippen LogP contribution is -1.86. The molecule has 0 saturated carbocycles. The molecule has 0 fully saturated rings. The molecule has 2 aromatic carbocycles. The monoisotopic (exact) mass is 239 g/mol. The zero-order valence-electron chi connectivity index (χ0n) is 9.28. The first-order valence-electron chi connectivity index (χ1n) is 5.33. The fourth-order valence-electron chi connectivity index (χ4n) is 1.75. The molecule has 88 valence electrons. The van der Waals surface area contributed by atoms with Crippen LogP contribution in [0.4, 0.5) is 5.95 Å². The number of phenols is 1. The normalized spacial score (nSPS) is 11.3. The molecular formula is C12H9N5O. The maximum atomic E-state index is 9.88. The van der Waals surface area contributed by atoms with Gasteiger partial charge in [-0.05, 0) is 22.1 Å². The van der Waals surface area contributed by atoms with Crippen LogP contribution in [0.3, 0.4) is 0 Å². The van der Waals surface area contributed by atoms with Crippen molar-refractivity contribution in [2.24, 2.45) is 4.99 Å². The number of fused-ring (bicyclic) bond motifs is 1. The molecule has 2 N–H and O–H groups in total. The van der Waals surface area contributed by atoms with Gasteiger partial charge in [0.1, 0.15) is 5.75 Å². The lowest BCUT2D eigenvalue weighted by atomic mass is 10.0. The number of benzene rings is 2. The fraction of sp³-hybridized carbons (Fsp3) is 0. The second kappa shape index (κ2) is 4.25. The van der Waals surface area contributed by atoms with E-state index in [-0.39, 0.29) is 11.7 Å². The predicted octanol–water partition coefficient (Wildman–Crippen LogP) is 1.81. The van der Waals surface area contributed by atoms with Crippen LogP contribution < -0.4 is 0 Å². The van der Waals surface area contributed by atoms with E-state index in [1.807, 2.05) is 30.3 Å². The van der Waals surface area contributed by atoms with Crippen LogP contribution in [0.2, 0.25) is 0 Å². The standard InChI is InChI=1S/C12H9N5O/c18-11-6-5-8-3-1-2-4-9(8)10(11)7-13-12-14-16-17-15-12/h1-7,18H,(H,14,15,16,17)/b13-7+. The van der Waals surface area contributed by atoms with Gasteiger partial charge >= 0.3 is 0 Å². The summed E-state index contributed by atoms with van der Waals surface area (Å²) in [4.78, 5) is 4.05. The van der Waals surface area contributed by atoms with Gasteiger partial charge in [-0.2, -0.15) is 5.21 Å². The van der Waals surface area contributed by atoms with Crippen molar-refractivity contribution in [3.63, 3.8) is 0 Å². The van der Waals surface area contributed by atoms with E-state index in [2.05, 4.69) is 25.6 Å². The molecule has 0 aliphatic carbocycles. The second-order valence-corrected chi connectivity index (χ2v) is 3.69. The Kier molecular flexibility index (Phi) is 2.45. The number of nitrogens with one attached hydrogen (secondary N) is 1. The van der Waals surface area contributed by atoms with Gasteiger partial charge in [-0.25, -0.2) is 4.99 Å². The third kappa shape index (κ3) is 1.80. The highest BCUT2D eigenvalue weighted by Gasteiger charge is 2.04. The van der Waals surface area contributed by atoms with Crippen LogP contribution in [0.15, 0.2) is 41.4 Å². The average molecular weight is 239 g/mol. The number of aliphatic imine (C=N–C) groups is 1. The van der Waals surface area contributed by atoms with Gasteiger partial charge in [0.2, 0.25) is 0 Å². The van der Waals surface area contributed by atoms with Gasteiger partial charge in [0, 0.05) is 11.8 Å². The number of tetrazole rings is 1. The third-order valence-electron chi connectivity index (χ3n) is 2.59. The number of aromatic nitrogens is 4. The van der Waals surface area contributed by atoms with Crippen molar-refractivity contribution in [3.8, 4) is 5.75 Å². The number of H-pyrrole nitrogens is 1. The van der Waals surface area contributed by atoms with Crippen molar-refractivity contribution in [2.45, 2.75) is 0 Å². The smallest absolute Gasteiger partial charge is 0.288 e. The number of phenolic OH excluding ortho intramolecular Hbond substituents is 1. The number of hydrogen-bond acceptors (Lipinski definition) is 5. The molecular weight excluding hydrogens is 230 g/mol. The SMILES string of the molecule is Oc1ccc2ccccc2c1/C=N/c1nn[nH]n1. The predicted molar refractivity (Wildman–Crippen MR) is 67.0 cm³/mol. The quantitative estimate of drug-likeness (QED) is 0.667. The molecule has 0 unspecified atom stereocenters. The number of aromatic amines is 1. The molecule has 3 aromatic rings. The Morgan fingerprint density at radius 1 is 1.17 bits per heavy atom. The van der Waals surface area contributed by atoms with Crippen molar-refractivity contribution in [3.05, 3.63) is 42.0 Å². The fourth-order valence-corrected chi connectivity index (χ4v) is 1.75. The van der Waals surface area contributed by atoms with Crippen LogP contribution >= 0.6 is 0 Å². The third-order valence-corrected chi connectivity index (χ3v) is 2.59. The Bertz CT molecular complexity index is 706. The number of nitrogens with zero attached hydrogens (tertiary/aromatic N) is 4. The second-order valence-electron chi connectivity index (χ2n) is 3.69. The van der Waals surface area contributed by atoms with E-state index in [0.717, 1.165) is 10.8 Å². The molecule has 6 heteroatoms. The molecule has 1 heterocycles. The van der Waals surface area contributed by atoms with Crippen LogP contribution in [-0.2, 0) is 0 Å². The molecule has 0 amide bonds. The highest BCUT2D eigenvalue weighted by atomic mass is 16.3. The van der Waals surface area contributed by atoms with E-state index >= 15 is 0 Å². The van der Waals surface area contributed by atoms with Crippen LogP contribution in [0.5, 0.6) is 5.75 Å². The minimum Gasteiger partial charge on any atom is -0.507 e. The van der Waals surface area contributed by atoms with Gasteiger partial charge in [0.05, 0.1) is 0 Å². The first-order chi connectivity index (χ1) is 8.84. The summed E-state index contributed by atoms with van der Waals surface area (Å²) in [7, 11) is 0. The maximum Gasteiger partial charge on any atom is 0.288 e. The zero-order valence-corrected chi connectivity index (χ0v) is 9.28. The molecule has 1 aromatic heterocycles. The molecule has 0 spiro atoms. The molecule has 0 atom stereocenters. The highest BCUT2D eigenvalue weighted by Crippen LogP contribution is 2.25. The van der Waals surface area contributed by atoms with Gasteiger partial charge in [0.25, 0.3) is 5.95 Å². The Labute approximate surface area is 102 Å². The van der Waals surface area contributed by atoms with E-state index in [9.17, 15) is 5.11 Å². The number of aromatic hydroxyl groups is 1. The lowest BCUT2D eigenvalue weighted by molar-refractivity contribution is 0.475. The van der Waals surface area contributed by atoms with Gasteiger partial charge in [0.15, 0.2) is 0 Å². The number of hydrogen-bond donors (Lipinski definition) is 2. The maximum absolute atomic E-state index is 9.88. The Balaban J connectivity index is 2.13. The Morgan fingerprint density at radius 3 is 2.89 bits per heavy atom. The minimum atomic E-state index is 0.168. The Hall–Kier alpha value is -2.76. The van der Waals surface area contributed by atoms with E-state index in [1.54, 1.807) is 6.07 Å². The van der Waals surface area contributed by atoms with E-state index < -0.39 is 0 Å². The summed E-state index contributed by atoms with van der Waals surface area (Å²) in [6.45, 7) is 0. The summed E-state index contributed by atoms with van der Waals surface area (Å²) >= 11 is 0. The molecule has 6 nitrogen and oxygen atoms in total. The zero-order chi connectivity index (χ0) is 12.4. The highest BCUT2D eigenvalue weighted by molar-refractivity contribution is 6.02. The van der Waals surface area contributed by atoms with Crippen molar-refractivity contribution in [1.29, 1.82) is 0 Å². The topological polar surface area (TPSA) is 87.0 Å². The molecule has 0 aliphatic heterocycles. The molecule has 0 aliphatic rings. The van der Waals surface area contributed by atoms with Crippen molar-refractivity contribution >= 4 is 22.9 Å². The summed E-state index contributed by atoms with van der Waals surface area (Å²) in [5, 5.41) is 25.0. The molecule has 0 saturated heterocycles. The van der Waals surface area contributed by atoms with Crippen LogP contribution in [-0.4, -0.2) is 31.9 Å². The van der Waals surface area contributed by atoms with E-state index in [0.29, 0.717) is 5.56 Å². The number of rotatable bonds is 2. The summed E-state index contributed by atoms with van der Waals surface area (Å²) in [5.74, 6) is 0.392. The van der Waals surface area contributed by atoms with Crippen LogP contribution in [0.1, 0.15) is 5.56 Å². The van der Waals surface area contributed by atoms with Crippen molar-refractivity contribution in [2.75, 3.05) is 0 Å². The molecule has 0 radical (unpaired) electrons. The van der Waals surface area contributed by atoms with Crippen molar-refractivity contribution in [1.82, 2.24) is 20.6 Å². The molecule has 18 heavy (non-hydrogen) atoms. The van der Waals surface area contributed by atoms with E-state index in [1.165, 1.54) is 6.21 Å². The summed E-state index contributed by atoms with van der Waals surface area (Å²) < 4.78 is 0. The molecule has 0 bridgehead atoms. The Morgan fingerprint density at radius 2 is 2.06 bits per heavy atom. The first kappa shape index (κ1) is 10.4. The van der Waals surface area contributed by atoms with Crippen LogP contribution in [0.25, 0.3) is 10.8 Å². The first-order valence-corrected chi connectivity index (χ1v) is 5.33.